The van der Waals surface area contributed by atoms with Crippen LogP contribution in [0.1, 0.15) is 32.1 Å². The Labute approximate surface area is 89.1 Å². The van der Waals surface area contributed by atoms with E-state index in [2.05, 4.69) is 17.2 Å². The average molecular weight is 208 g/mol. The molecule has 4 heteroatoms. The number of rotatable bonds is 2. The van der Waals surface area contributed by atoms with E-state index in [4.69, 9.17) is 0 Å². The van der Waals surface area contributed by atoms with Crippen LogP contribution in [0.15, 0.2) is 12.7 Å². The molecule has 15 heavy (non-hydrogen) atoms. The van der Waals surface area contributed by atoms with E-state index in [-0.39, 0.29) is 17.9 Å². The predicted octanol–water partition coefficient (Wildman–Crippen LogP) is 1.33. The lowest BCUT2D eigenvalue weighted by atomic mass is 9.71. The molecule has 1 aliphatic carbocycles. The van der Waals surface area contributed by atoms with Gasteiger partial charge in [-0.15, -0.1) is 6.58 Å². The van der Waals surface area contributed by atoms with Crippen molar-refractivity contribution >= 4 is 11.9 Å². The van der Waals surface area contributed by atoms with Gasteiger partial charge in [0, 0.05) is 0 Å². The summed E-state index contributed by atoms with van der Waals surface area (Å²) in [6.07, 6.45) is 6.48. The zero-order valence-electron chi connectivity index (χ0n) is 8.71. The second kappa shape index (κ2) is 3.68. The summed E-state index contributed by atoms with van der Waals surface area (Å²) in [7, 11) is 0. The summed E-state index contributed by atoms with van der Waals surface area (Å²) in [6.45, 7) is 3.71. The molecule has 0 unspecified atom stereocenters. The summed E-state index contributed by atoms with van der Waals surface area (Å²) in [5, 5.41) is 5.15. The first kappa shape index (κ1) is 10.2. The van der Waals surface area contributed by atoms with Gasteiger partial charge in [0.15, 0.2) is 0 Å². The van der Waals surface area contributed by atoms with Crippen molar-refractivity contribution in [2.45, 2.75) is 37.6 Å². The van der Waals surface area contributed by atoms with Gasteiger partial charge in [0.1, 0.15) is 5.54 Å². The van der Waals surface area contributed by atoms with Crippen molar-refractivity contribution in [2.24, 2.45) is 5.92 Å². The fraction of sp³-hybridized carbons (Fsp3) is 0.636. The van der Waals surface area contributed by atoms with Gasteiger partial charge in [0.05, 0.1) is 0 Å². The van der Waals surface area contributed by atoms with Gasteiger partial charge >= 0.3 is 6.03 Å². The highest BCUT2D eigenvalue weighted by Crippen LogP contribution is 2.38. The van der Waals surface area contributed by atoms with Gasteiger partial charge in [0.2, 0.25) is 0 Å². The van der Waals surface area contributed by atoms with Crippen LogP contribution < -0.4 is 10.6 Å². The molecule has 4 nitrogen and oxygen atoms in total. The van der Waals surface area contributed by atoms with Gasteiger partial charge in [-0.05, 0) is 25.2 Å². The third kappa shape index (κ3) is 1.54. The van der Waals surface area contributed by atoms with Gasteiger partial charge < -0.3 is 5.32 Å². The van der Waals surface area contributed by atoms with Gasteiger partial charge in [-0.2, -0.15) is 0 Å². The van der Waals surface area contributed by atoms with Crippen LogP contribution in [-0.2, 0) is 4.79 Å². The normalized spacial score (nSPS) is 35.1. The van der Waals surface area contributed by atoms with Crippen molar-refractivity contribution < 1.29 is 9.59 Å². The Hall–Kier alpha value is -1.32. The van der Waals surface area contributed by atoms with Gasteiger partial charge in [-0.3, -0.25) is 10.1 Å². The zero-order chi connectivity index (χ0) is 10.9. The fourth-order valence-electron chi connectivity index (χ4n) is 2.73. The van der Waals surface area contributed by atoms with Gasteiger partial charge in [-0.25, -0.2) is 4.79 Å². The van der Waals surface area contributed by atoms with E-state index in [1.807, 2.05) is 6.08 Å². The maximum atomic E-state index is 11.8. The Morgan fingerprint density at radius 1 is 1.47 bits per heavy atom. The second-order valence-corrected chi connectivity index (χ2v) is 4.35. The molecule has 1 aliphatic heterocycles. The molecule has 0 aromatic carbocycles. The molecular weight excluding hydrogens is 192 g/mol. The molecule has 1 heterocycles. The Morgan fingerprint density at radius 2 is 2.27 bits per heavy atom. The Morgan fingerprint density at radius 3 is 2.87 bits per heavy atom. The molecule has 0 bridgehead atoms. The number of urea groups is 1. The summed E-state index contributed by atoms with van der Waals surface area (Å²) < 4.78 is 0. The van der Waals surface area contributed by atoms with Crippen molar-refractivity contribution in [2.75, 3.05) is 0 Å². The maximum absolute atomic E-state index is 11.8. The molecule has 2 rings (SSSR count). The van der Waals surface area contributed by atoms with Crippen molar-refractivity contribution in [3.8, 4) is 0 Å². The summed E-state index contributed by atoms with van der Waals surface area (Å²) in [6, 6.07) is -0.351. The molecule has 1 spiro atoms. The highest BCUT2D eigenvalue weighted by molar-refractivity contribution is 6.07. The zero-order valence-corrected chi connectivity index (χ0v) is 8.71. The van der Waals surface area contributed by atoms with Crippen LogP contribution in [0, 0.1) is 5.92 Å². The van der Waals surface area contributed by atoms with E-state index in [0.29, 0.717) is 0 Å². The first-order valence-corrected chi connectivity index (χ1v) is 5.43. The lowest BCUT2D eigenvalue weighted by Crippen LogP contribution is -2.54. The molecule has 3 amide bonds. The van der Waals surface area contributed by atoms with Crippen molar-refractivity contribution in [3.63, 3.8) is 0 Å². The number of hydrogen-bond acceptors (Lipinski definition) is 2. The summed E-state index contributed by atoms with van der Waals surface area (Å²) in [4.78, 5) is 23.0. The first-order valence-electron chi connectivity index (χ1n) is 5.43. The van der Waals surface area contributed by atoms with Crippen LogP contribution in [0.4, 0.5) is 4.79 Å². The minimum atomic E-state index is -0.649. The number of carbonyl (C=O) groups excluding carboxylic acids is 2. The molecule has 2 N–H and O–H groups in total. The van der Waals surface area contributed by atoms with Gasteiger partial charge in [-0.1, -0.05) is 18.9 Å². The molecule has 2 atom stereocenters. The average Bonchev–Trinajstić information content (AvgIpc) is 2.47. The van der Waals surface area contributed by atoms with Crippen LogP contribution in [-0.4, -0.2) is 17.5 Å². The number of nitrogens with one attached hydrogen (secondary N) is 2. The van der Waals surface area contributed by atoms with Crippen LogP contribution in [0.5, 0.6) is 0 Å². The smallest absolute Gasteiger partial charge is 0.322 e. The second-order valence-electron chi connectivity index (χ2n) is 4.35. The van der Waals surface area contributed by atoms with E-state index in [1.54, 1.807) is 0 Å². The summed E-state index contributed by atoms with van der Waals surface area (Å²) >= 11 is 0. The predicted molar refractivity (Wildman–Crippen MR) is 56.2 cm³/mol. The third-order valence-corrected chi connectivity index (χ3v) is 3.49. The highest BCUT2D eigenvalue weighted by atomic mass is 16.2. The maximum Gasteiger partial charge on any atom is 0.322 e. The van der Waals surface area contributed by atoms with Crippen LogP contribution in [0.3, 0.4) is 0 Å². The summed E-state index contributed by atoms with van der Waals surface area (Å²) in [5.41, 5.74) is -0.649. The number of amides is 3. The number of hydrogen-bond donors (Lipinski definition) is 2. The van der Waals surface area contributed by atoms with Crippen LogP contribution >= 0.6 is 0 Å². The quantitative estimate of drug-likeness (QED) is 0.531. The molecule has 2 fully saturated rings. The number of carbonyl (C=O) groups is 2. The standard InChI is InChI=1S/C11H16N2O2/c1-2-5-8-6-3-4-7-11(8)9(14)12-10(15)13-11/h2,8H,1,3-7H2,(H2,12,13,14,15)/t8-,11-/m0/s1. The van der Waals surface area contributed by atoms with E-state index >= 15 is 0 Å². The van der Waals surface area contributed by atoms with Gasteiger partial charge in [0.25, 0.3) is 5.91 Å². The van der Waals surface area contributed by atoms with Crippen LogP contribution in [0.25, 0.3) is 0 Å². The summed E-state index contributed by atoms with van der Waals surface area (Å²) in [5.74, 6) is 0.0502. The molecule has 0 aromatic heterocycles. The molecule has 1 saturated carbocycles. The lowest BCUT2D eigenvalue weighted by molar-refractivity contribution is -0.127. The Bertz CT molecular complexity index is 314. The monoisotopic (exact) mass is 208 g/mol. The highest BCUT2D eigenvalue weighted by Gasteiger charge is 2.51. The van der Waals surface area contributed by atoms with Crippen LogP contribution in [0.2, 0.25) is 0 Å². The van der Waals surface area contributed by atoms with E-state index < -0.39 is 5.54 Å². The fourth-order valence-corrected chi connectivity index (χ4v) is 2.73. The van der Waals surface area contributed by atoms with Crippen molar-refractivity contribution in [1.82, 2.24) is 10.6 Å². The third-order valence-electron chi connectivity index (χ3n) is 3.49. The molecule has 0 aromatic rings. The van der Waals surface area contributed by atoms with Crippen molar-refractivity contribution in [3.05, 3.63) is 12.7 Å². The lowest BCUT2D eigenvalue weighted by Gasteiger charge is -2.38. The number of allylic oxidation sites excluding steroid dienone is 1. The number of imide groups is 1. The minimum absolute atomic E-state index is 0.154. The first-order chi connectivity index (χ1) is 7.19. The van der Waals surface area contributed by atoms with E-state index in [0.717, 1.165) is 32.1 Å². The van der Waals surface area contributed by atoms with E-state index in [1.165, 1.54) is 0 Å². The molecular formula is C11H16N2O2. The van der Waals surface area contributed by atoms with Crippen molar-refractivity contribution in [1.29, 1.82) is 0 Å². The largest absolute Gasteiger partial charge is 0.323 e. The molecule has 82 valence electrons. The topological polar surface area (TPSA) is 58.2 Å². The Kier molecular flexibility index (Phi) is 2.50. The molecule has 1 saturated heterocycles. The molecule has 0 radical (unpaired) electrons. The Balaban J connectivity index is 2.25. The SMILES string of the molecule is C=CC[C@H]1CCCC[C@]12NC(=O)NC2=O. The minimum Gasteiger partial charge on any atom is -0.323 e. The molecule has 2 aliphatic rings. The van der Waals surface area contributed by atoms with E-state index in [9.17, 15) is 9.59 Å².